The SMILES string of the molecule is CCc1ccc(-n2c(-c3cccs3)ccc2-c2cccs2)cc1. The Bertz CT molecular complexity index is 830. The lowest BCUT2D eigenvalue weighted by atomic mass is 10.1. The lowest BCUT2D eigenvalue weighted by Gasteiger charge is -2.13. The Morgan fingerprint density at radius 3 is 1.74 bits per heavy atom. The molecule has 0 N–H and O–H groups in total. The third kappa shape index (κ3) is 2.67. The van der Waals surface area contributed by atoms with Crippen molar-refractivity contribution < 1.29 is 0 Å². The van der Waals surface area contributed by atoms with E-state index in [4.69, 9.17) is 0 Å². The number of rotatable bonds is 4. The van der Waals surface area contributed by atoms with Crippen molar-refractivity contribution in [2.24, 2.45) is 0 Å². The summed E-state index contributed by atoms with van der Waals surface area (Å²) in [4.78, 5) is 2.60. The predicted octanol–water partition coefficient (Wildman–Crippen LogP) is 6.50. The highest BCUT2D eigenvalue weighted by Crippen LogP contribution is 2.36. The molecule has 0 bridgehead atoms. The van der Waals surface area contributed by atoms with Crippen molar-refractivity contribution in [1.29, 1.82) is 0 Å². The molecule has 0 fully saturated rings. The van der Waals surface area contributed by atoms with Crippen molar-refractivity contribution >= 4 is 22.7 Å². The number of benzene rings is 1. The second-order valence-electron chi connectivity index (χ2n) is 5.41. The normalized spacial score (nSPS) is 11.0. The molecule has 114 valence electrons. The first-order valence-electron chi connectivity index (χ1n) is 7.75. The van der Waals surface area contributed by atoms with E-state index in [-0.39, 0.29) is 0 Å². The van der Waals surface area contributed by atoms with Gasteiger partial charge in [0.2, 0.25) is 0 Å². The van der Waals surface area contributed by atoms with Gasteiger partial charge in [-0.1, -0.05) is 31.2 Å². The molecule has 0 saturated heterocycles. The highest BCUT2D eigenvalue weighted by Gasteiger charge is 2.14. The zero-order valence-corrected chi connectivity index (χ0v) is 14.5. The van der Waals surface area contributed by atoms with Gasteiger partial charge in [0.25, 0.3) is 0 Å². The lowest BCUT2D eigenvalue weighted by molar-refractivity contribution is 1.08. The smallest absolute Gasteiger partial charge is 0.0635 e. The van der Waals surface area contributed by atoms with E-state index in [1.54, 1.807) is 22.7 Å². The molecular formula is C20H17NS2. The van der Waals surface area contributed by atoms with Gasteiger partial charge in [-0.05, 0) is 59.1 Å². The Hall–Kier alpha value is -2.10. The second kappa shape index (κ2) is 6.19. The lowest BCUT2D eigenvalue weighted by Crippen LogP contribution is -1.98. The van der Waals surface area contributed by atoms with E-state index in [0.717, 1.165) is 6.42 Å². The van der Waals surface area contributed by atoms with Crippen LogP contribution >= 0.6 is 22.7 Å². The summed E-state index contributed by atoms with van der Waals surface area (Å²) in [6, 6.07) is 22.0. The van der Waals surface area contributed by atoms with Crippen molar-refractivity contribution in [3.8, 4) is 26.8 Å². The fourth-order valence-electron chi connectivity index (χ4n) is 2.83. The number of nitrogens with zero attached hydrogens (tertiary/aromatic N) is 1. The molecule has 0 atom stereocenters. The van der Waals surface area contributed by atoms with Gasteiger partial charge in [0, 0.05) is 5.69 Å². The van der Waals surface area contributed by atoms with Crippen LogP contribution in [0.5, 0.6) is 0 Å². The first-order chi connectivity index (χ1) is 11.4. The molecule has 3 aromatic heterocycles. The summed E-state index contributed by atoms with van der Waals surface area (Å²) in [5.41, 5.74) is 5.11. The molecular weight excluding hydrogens is 318 g/mol. The molecule has 3 heteroatoms. The van der Waals surface area contributed by atoms with Crippen LogP contribution in [0.4, 0.5) is 0 Å². The average Bonchev–Trinajstić information content (AvgIpc) is 3.33. The first-order valence-corrected chi connectivity index (χ1v) is 9.51. The van der Waals surface area contributed by atoms with Crippen molar-refractivity contribution in [2.75, 3.05) is 0 Å². The molecule has 0 aliphatic carbocycles. The first kappa shape index (κ1) is 14.5. The quantitative estimate of drug-likeness (QED) is 0.401. The van der Waals surface area contributed by atoms with Gasteiger partial charge < -0.3 is 4.57 Å². The summed E-state index contributed by atoms with van der Waals surface area (Å²) >= 11 is 3.57. The van der Waals surface area contributed by atoms with Gasteiger partial charge >= 0.3 is 0 Å². The molecule has 0 unspecified atom stereocenters. The Morgan fingerprint density at radius 2 is 1.30 bits per heavy atom. The zero-order valence-electron chi connectivity index (χ0n) is 12.9. The molecule has 0 radical (unpaired) electrons. The van der Waals surface area contributed by atoms with Crippen LogP contribution in [0.2, 0.25) is 0 Å². The third-order valence-corrected chi connectivity index (χ3v) is 5.82. The fraction of sp³-hybridized carbons (Fsp3) is 0.100. The summed E-state index contributed by atoms with van der Waals surface area (Å²) in [5, 5.41) is 4.27. The summed E-state index contributed by atoms with van der Waals surface area (Å²) in [6.45, 7) is 2.19. The number of thiophene rings is 2. The number of hydrogen-bond donors (Lipinski definition) is 0. The monoisotopic (exact) mass is 335 g/mol. The maximum absolute atomic E-state index is 2.37. The molecule has 4 aromatic rings. The van der Waals surface area contributed by atoms with Gasteiger partial charge in [0.05, 0.1) is 21.1 Å². The van der Waals surface area contributed by atoms with Crippen LogP contribution in [0.25, 0.3) is 26.8 Å². The molecule has 1 nitrogen and oxygen atoms in total. The average molecular weight is 335 g/mol. The second-order valence-corrected chi connectivity index (χ2v) is 7.31. The number of hydrogen-bond acceptors (Lipinski definition) is 2. The van der Waals surface area contributed by atoms with Crippen LogP contribution in [0, 0.1) is 0 Å². The summed E-state index contributed by atoms with van der Waals surface area (Å²) in [6.07, 6.45) is 1.07. The molecule has 0 amide bonds. The van der Waals surface area contributed by atoms with Crippen LogP contribution in [0.1, 0.15) is 12.5 Å². The van der Waals surface area contributed by atoms with E-state index >= 15 is 0 Å². The van der Waals surface area contributed by atoms with Crippen molar-refractivity contribution in [3.05, 3.63) is 77.0 Å². The van der Waals surface area contributed by atoms with Crippen LogP contribution in [-0.2, 0) is 6.42 Å². The van der Waals surface area contributed by atoms with Crippen LogP contribution in [-0.4, -0.2) is 4.57 Å². The van der Waals surface area contributed by atoms with Gasteiger partial charge in [-0.3, -0.25) is 0 Å². The third-order valence-electron chi connectivity index (χ3n) is 4.03. The van der Waals surface area contributed by atoms with E-state index in [0.29, 0.717) is 0 Å². The standard InChI is InChI=1S/C20H17NS2/c1-2-15-7-9-16(10-8-15)21-17(19-5-3-13-22-19)11-12-18(21)20-6-4-14-23-20/h3-14H,2H2,1H3. The summed E-state index contributed by atoms with van der Waals surface area (Å²) in [7, 11) is 0. The summed E-state index contributed by atoms with van der Waals surface area (Å²) in [5.74, 6) is 0. The minimum Gasteiger partial charge on any atom is -0.308 e. The molecule has 0 saturated carbocycles. The highest BCUT2D eigenvalue weighted by atomic mass is 32.1. The molecule has 0 aliphatic rings. The van der Waals surface area contributed by atoms with Crippen LogP contribution in [0.3, 0.4) is 0 Å². The minimum absolute atomic E-state index is 1.07. The van der Waals surface area contributed by atoms with Crippen LogP contribution in [0.15, 0.2) is 71.4 Å². The Kier molecular flexibility index (Phi) is 3.90. The molecule has 4 rings (SSSR count). The molecule has 23 heavy (non-hydrogen) atoms. The molecule has 1 aromatic carbocycles. The van der Waals surface area contributed by atoms with Crippen molar-refractivity contribution in [1.82, 2.24) is 4.57 Å². The maximum Gasteiger partial charge on any atom is 0.0635 e. The molecule has 0 aliphatic heterocycles. The van der Waals surface area contributed by atoms with E-state index in [2.05, 4.69) is 82.9 Å². The predicted molar refractivity (Wildman–Crippen MR) is 102 cm³/mol. The Balaban J connectivity index is 1.92. The van der Waals surface area contributed by atoms with Gasteiger partial charge in [0.15, 0.2) is 0 Å². The molecule has 3 heterocycles. The van der Waals surface area contributed by atoms with E-state index in [1.165, 1.54) is 32.4 Å². The highest BCUT2D eigenvalue weighted by molar-refractivity contribution is 7.14. The molecule has 0 spiro atoms. The van der Waals surface area contributed by atoms with Gasteiger partial charge in [-0.2, -0.15) is 0 Å². The Labute approximate surface area is 144 Å². The van der Waals surface area contributed by atoms with E-state index in [1.807, 2.05) is 0 Å². The van der Waals surface area contributed by atoms with Gasteiger partial charge in [-0.25, -0.2) is 0 Å². The number of aryl methyl sites for hydroxylation is 1. The van der Waals surface area contributed by atoms with E-state index in [9.17, 15) is 0 Å². The van der Waals surface area contributed by atoms with Gasteiger partial charge in [-0.15, -0.1) is 22.7 Å². The van der Waals surface area contributed by atoms with E-state index < -0.39 is 0 Å². The zero-order chi connectivity index (χ0) is 15.6. The fourth-order valence-corrected chi connectivity index (χ4v) is 4.31. The number of aromatic nitrogens is 1. The minimum atomic E-state index is 1.07. The van der Waals surface area contributed by atoms with Gasteiger partial charge in [0.1, 0.15) is 0 Å². The topological polar surface area (TPSA) is 4.93 Å². The Morgan fingerprint density at radius 1 is 0.739 bits per heavy atom. The summed E-state index contributed by atoms with van der Waals surface area (Å²) < 4.78 is 2.37. The largest absolute Gasteiger partial charge is 0.308 e. The van der Waals surface area contributed by atoms with Crippen molar-refractivity contribution in [3.63, 3.8) is 0 Å². The maximum atomic E-state index is 2.37. The van der Waals surface area contributed by atoms with Crippen molar-refractivity contribution in [2.45, 2.75) is 13.3 Å². The van der Waals surface area contributed by atoms with Crippen LogP contribution < -0.4 is 0 Å².